The van der Waals surface area contributed by atoms with Gasteiger partial charge in [-0.05, 0) is 25.0 Å². The molecule has 0 atom stereocenters. The number of ether oxygens (including phenoxy) is 1. The third kappa shape index (κ3) is 3.46. The van der Waals surface area contributed by atoms with E-state index in [1.165, 1.54) is 6.08 Å². The summed E-state index contributed by atoms with van der Waals surface area (Å²) in [5.74, 6) is -1.30. The average Bonchev–Trinajstić information content (AvgIpc) is 2.30. The van der Waals surface area contributed by atoms with Gasteiger partial charge in [-0.15, -0.1) is 6.58 Å². The summed E-state index contributed by atoms with van der Waals surface area (Å²) in [5.41, 5.74) is 3.92. The summed E-state index contributed by atoms with van der Waals surface area (Å²) in [5, 5.41) is 0. The van der Waals surface area contributed by atoms with Gasteiger partial charge in [0, 0.05) is 0 Å². The zero-order chi connectivity index (χ0) is 14.6. The normalized spacial score (nSPS) is 11.2. The fourth-order valence-corrected chi connectivity index (χ4v) is 1.50. The number of halogens is 3. The van der Waals surface area contributed by atoms with E-state index in [9.17, 15) is 18.0 Å². The van der Waals surface area contributed by atoms with Crippen LogP contribution >= 0.6 is 0 Å². The first-order valence-electron chi connectivity index (χ1n) is 5.45. The van der Waals surface area contributed by atoms with Gasteiger partial charge in [0.05, 0.1) is 6.61 Å². The molecule has 0 unspecified atom stereocenters. The number of nitrogens with two attached hydrogens (primary N) is 1. The molecular formula is C12H13F3N2O2. The lowest BCUT2D eigenvalue weighted by Crippen LogP contribution is -2.17. The van der Waals surface area contributed by atoms with Crippen molar-refractivity contribution in [2.75, 3.05) is 12.3 Å². The van der Waals surface area contributed by atoms with Crippen LogP contribution in [0.2, 0.25) is 0 Å². The number of anilines is 1. The lowest BCUT2D eigenvalue weighted by atomic mass is 10.1. The highest BCUT2D eigenvalue weighted by atomic mass is 19.4. The van der Waals surface area contributed by atoms with Crippen LogP contribution in [0.1, 0.15) is 28.5 Å². The molecule has 4 nitrogen and oxygen atoms in total. The molecule has 7 heteroatoms. The zero-order valence-electron chi connectivity index (χ0n) is 10.3. The predicted molar refractivity (Wildman–Crippen MR) is 63.5 cm³/mol. The Hall–Kier alpha value is -2.05. The summed E-state index contributed by atoms with van der Waals surface area (Å²) >= 11 is 0. The van der Waals surface area contributed by atoms with Crippen LogP contribution < -0.4 is 5.73 Å². The number of hydrogen-bond acceptors (Lipinski definition) is 4. The Morgan fingerprint density at radius 1 is 1.58 bits per heavy atom. The molecule has 0 aliphatic carbocycles. The van der Waals surface area contributed by atoms with E-state index in [1.807, 2.05) is 0 Å². The van der Waals surface area contributed by atoms with Crippen molar-refractivity contribution in [3.05, 3.63) is 35.5 Å². The highest BCUT2D eigenvalue weighted by molar-refractivity contribution is 5.94. The minimum absolute atomic E-state index is 0.0749. The van der Waals surface area contributed by atoms with E-state index < -0.39 is 23.7 Å². The van der Waals surface area contributed by atoms with E-state index in [0.29, 0.717) is 0 Å². The number of pyridine rings is 1. The van der Waals surface area contributed by atoms with Gasteiger partial charge in [-0.2, -0.15) is 13.2 Å². The molecule has 0 saturated heterocycles. The van der Waals surface area contributed by atoms with Crippen LogP contribution in [0.4, 0.5) is 19.0 Å². The summed E-state index contributed by atoms with van der Waals surface area (Å²) in [6.45, 7) is 5.04. The number of nitrogens with zero attached hydrogens (tertiary/aromatic N) is 1. The van der Waals surface area contributed by atoms with Crippen molar-refractivity contribution in [1.82, 2.24) is 4.98 Å². The minimum Gasteiger partial charge on any atom is -0.462 e. The molecule has 0 fully saturated rings. The van der Waals surface area contributed by atoms with Crippen LogP contribution in [-0.4, -0.2) is 17.6 Å². The fourth-order valence-electron chi connectivity index (χ4n) is 1.50. The number of hydrogen-bond donors (Lipinski definition) is 1. The molecule has 0 aliphatic rings. The van der Waals surface area contributed by atoms with Crippen LogP contribution in [0.25, 0.3) is 0 Å². The molecule has 0 aromatic carbocycles. The van der Waals surface area contributed by atoms with Crippen molar-refractivity contribution >= 4 is 11.8 Å². The maximum absolute atomic E-state index is 12.8. The van der Waals surface area contributed by atoms with E-state index in [-0.39, 0.29) is 24.2 Å². The number of carbonyl (C=O) groups is 1. The molecule has 0 radical (unpaired) electrons. The summed E-state index contributed by atoms with van der Waals surface area (Å²) in [7, 11) is 0. The number of aromatic nitrogens is 1. The van der Waals surface area contributed by atoms with Crippen LogP contribution in [-0.2, 0) is 17.3 Å². The fraction of sp³-hybridized carbons (Fsp3) is 0.333. The standard InChI is InChI=1S/C12H13F3N2O2/c1-3-5-7-6-8(11(18)19-4-2)10(16)17-9(7)12(13,14)15/h3,6H,1,4-5H2,2H3,(H2,16,17). The molecule has 1 rings (SSSR count). The van der Waals surface area contributed by atoms with Crippen molar-refractivity contribution in [2.24, 2.45) is 0 Å². The summed E-state index contributed by atoms with van der Waals surface area (Å²) in [6, 6.07) is 1.05. The van der Waals surface area contributed by atoms with Crippen molar-refractivity contribution in [1.29, 1.82) is 0 Å². The summed E-state index contributed by atoms with van der Waals surface area (Å²) in [4.78, 5) is 14.8. The number of allylic oxidation sites excluding steroid dienone is 1. The second-order valence-electron chi connectivity index (χ2n) is 3.64. The van der Waals surface area contributed by atoms with E-state index in [1.54, 1.807) is 6.92 Å². The Bertz CT molecular complexity index is 498. The smallest absolute Gasteiger partial charge is 0.433 e. The van der Waals surface area contributed by atoms with Gasteiger partial charge in [0.15, 0.2) is 0 Å². The Kier molecular flexibility index (Phi) is 4.52. The molecule has 1 aromatic rings. The first kappa shape index (κ1) is 15.0. The predicted octanol–water partition coefficient (Wildman–Crippen LogP) is 2.59. The van der Waals surface area contributed by atoms with Crippen molar-refractivity contribution < 1.29 is 22.7 Å². The molecule has 1 aromatic heterocycles. The molecule has 2 N–H and O–H groups in total. The molecule has 19 heavy (non-hydrogen) atoms. The molecule has 0 bridgehead atoms. The maximum Gasteiger partial charge on any atom is 0.433 e. The van der Waals surface area contributed by atoms with E-state index in [4.69, 9.17) is 10.5 Å². The number of alkyl halides is 3. The van der Waals surface area contributed by atoms with Crippen LogP contribution in [0.5, 0.6) is 0 Å². The van der Waals surface area contributed by atoms with Crippen LogP contribution in [0.3, 0.4) is 0 Å². The Morgan fingerprint density at radius 3 is 2.68 bits per heavy atom. The Balaban J connectivity index is 3.36. The van der Waals surface area contributed by atoms with Crippen molar-refractivity contribution in [3.63, 3.8) is 0 Å². The van der Waals surface area contributed by atoms with Gasteiger partial charge in [-0.25, -0.2) is 9.78 Å². The number of carbonyl (C=O) groups excluding carboxylic acids is 1. The number of rotatable bonds is 4. The Labute approximate surface area is 108 Å². The number of nitrogen functional groups attached to an aromatic ring is 1. The minimum atomic E-state index is -4.64. The summed E-state index contributed by atoms with van der Waals surface area (Å²) < 4.78 is 43.0. The lowest BCUT2D eigenvalue weighted by molar-refractivity contribution is -0.141. The second-order valence-corrected chi connectivity index (χ2v) is 3.64. The zero-order valence-corrected chi connectivity index (χ0v) is 10.3. The van der Waals surface area contributed by atoms with Gasteiger partial charge in [-0.3, -0.25) is 0 Å². The first-order chi connectivity index (χ1) is 8.81. The van der Waals surface area contributed by atoms with Crippen molar-refractivity contribution in [2.45, 2.75) is 19.5 Å². The molecule has 104 valence electrons. The molecular weight excluding hydrogens is 261 g/mol. The molecule has 1 heterocycles. The molecule has 0 amide bonds. The number of esters is 1. The van der Waals surface area contributed by atoms with Gasteiger partial charge < -0.3 is 10.5 Å². The van der Waals surface area contributed by atoms with Crippen LogP contribution in [0.15, 0.2) is 18.7 Å². The third-order valence-corrected chi connectivity index (χ3v) is 2.26. The lowest BCUT2D eigenvalue weighted by Gasteiger charge is -2.13. The summed E-state index contributed by atoms with van der Waals surface area (Å²) in [6.07, 6.45) is -3.43. The quantitative estimate of drug-likeness (QED) is 0.677. The Morgan fingerprint density at radius 2 is 2.21 bits per heavy atom. The molecule has 0 spiro atoms. The van der Waals surface area contributed by atoms with Crippen LogP contribution in [0, 0.1) is 0 Å². The van der Waals surface area contributed by atoms with E-state index in [2.05, 4.69) is 11.6 Å². The van der Waals surface area contributed by atoms with Gasteiger partial charge in [0.2, 0.25) is 0 Å². The van der Waals surface area contributed by atoms with Crippen molar-refractivity contribution in [3.8, 4) is 0 Å². The van der Waals surface area contributed by atoms with Gasteiger partial charge in [0.1, 0.15) is 17.1 Å². The van der Waals surface area contributed by atoms with E-state index >= 15 is 0 Å². The van der Waals surface area contributed by atoms with E-state index in [0.717, 1.165) is 6.07 Å². The molecule has 0 saturated carbocycles. The van der Waals surface area contributed by atoms with Gasteiger partial charge in [0.25, 0.3) is 0 Å². The largest absolute Gasteiger partial charge is 0.462 e. The SMILES string of the molecule is C=CCc1cc(C(=O)OCC)c(N)nc1C(F)(F)F. The third-order valence-electron chi connectivity index (χ3n) is 2.26. The van der Waals surface area contributed by atoms with Gasteiger partial charge >= 0.3 is 12.1 Å². The first-order valence-corrected chi connectivity index (χ1v) is 5.45. The topological polar surface area (TPSA) is 65.2 Å². The highest BCUT2D eigenvalue weighted by Gasteiger charge is 2.36. The second kappa shape index (κ2) is 5.73. The average molecular weight is 274 g/mol. The van der Waals surface area contributed by atoms with Gasteiger partial charge in [-0.1, -0.05) is 6.08 Å². The monoisotopic (exact) mass is 274 g/mol. The highest BCUT2D eigenvalue weighted by Crippen LogP contribution is 2.32. The molecule has 0 aliphatic heterocycles. The maximum atomic E-state index is 12.8.